The molecule has 5 nitrogen and oxygen atoms in total. The van der Waals surface area contributed by atoms with E-state index in [0.717, 1.165) is 0 Å². The first kappa shape index (κ1) is 16.8. The zero-order chi connectivity index (χ0) is 15.6. The van der Waals surface area contributed by atoms with Crippen molar-refractivity contribution in [3.05, 3.63) is 20.8 Å². The molecular weight excluding hydrogens is 365 g/mol. The van der Waals surface area contributed by atoms with Gasteiger partial charge in [0, 0.05) is 9.35 Å². The lowest BCUT2D eigenvalue weighted by Gasteiger charge is -2.28. The molecular formula is C10H10BrF3N2O3S. The third-order valence-electron chi connectivity index (χ3n) is 2.46. The maximum Gasteiger partial charge on any atom is 0.422 e. The monoisotopic (exact) mass is 374 g/mol. The van der Waals surface area contributed by atoms with Crippen molar-refractivity contribution in [3.8, 4) is 0 Å². The van der Waals surface area contributed by atoms with Crippen molar-refractivity contribution in [2.75, 3.05) is 0 Å². The number of carboxylic acid groups (broad SMARTS) is 1. The van der Waals surface area contributed by atoms with Crippen LogP contribution in [-0.2, 0) is 11.3 Å². The second kappa shape index (κ2) is 6.00. The van der Waals surface area contributed by atoms with Crippen molar-refractivity contribution in [1.82, 2.24) is 10.6 Å². The normalized spacial score (nSPS) is 14.4. The minimum Gasteiger partial charge on any atom is -0.479 e. The van der Waals surface area contributed by atoms with Gasteiger partial charge in [-0.25, -0.2) is 9.59 Å². The smallest absolute Gasteiger partial charge is 0.422 e. The molecule has 10 heteroatoms. The van der Waals surface area contributed by atoms with Gasteiger partial charge in [-0.3, -0.25) is 0 Å². The second-order valence-electron chi connectivity index (χ2n) is 3.93. The Morgan fingerprint density at radius 2 is 2.05 bits per heavy atom. The maximum atomic E-state index is 12.7. The topological polar surface area (TPSA) is 78.4 Å². The maximum absolute atomic E-state index is 12.7. The molecule has 0 fully saturated rings. The van der Waals surface area contributed by atoms with Crippen molar-refractivity contribution in [3.63, 3.8) is 0 Å². The van der Waals surface area contributed by atoms with Crippen molar-refractivity contribution in [2.45, 2.75) is 25.2 Å². The Morgan fingerprint density at radius 3 is 2.45 bits per heavy atom. The summed E-state index contributed by atoms with van der Waals surface area (Å²) >= 11 is 4.49. The number of alkyl halides is 3. The molecule has 20 heavy (non-hydrogen) atoms. The molecule has 1 rings (SSSR count). The van der Waals surface area contributed by atoms with Gasteiger partial charge in [-0.05, 0) is 34.3 Å². The zero-order valence-corrected chi connectivity index (χ0v) is 12.4. The Labute approximate surface area is 124 Å². The van der Waals surface area contributed by atoms with Gasteiger partial charge >= 0.3 is 18.2 Å². The summed E-state index contributed by atoms with van der Waals surface area (Å²) in [6.45, 7) is 0.369. The van der Waals surface area contributed by atoms with Gasteiger partial charge in [0.25, 0.3) is 0 Å². The van der Waals surface area contributed by atoms with Crippen LogP contribution in [0.1, 0.15) is 11.8 Å². The molecule has 1 aromatic heterocycles. The Kier molecular flexibility index (Phi) is 5.03. The number of hydrogen-bond donors (Lipinski definition) is 3. The summed E-state index contributed by atoms with van der Waals surface area (Å²) in [5, 5.41) is 14.0. The van der Waals surface area contributed by atoms with Gasteiger partial charge in [0.2, 0.25) is 5.54 Å². The minimum atomic E-state index is -5.11. The van der Waals surface area contributed by atoms with E-state index in [9.17, 15) is 22.8 Å². The molecule has 1 unspecified atom stereocenters. The van der Waals surface area contributed by atoms with E-state index < -0.39 is 23.7 Å². The SMILES string of the molecule is CC(NC(=O)NCc1sccc1Br)(C(=O)O)C(F)(F)F. The molecule has 1 heterocycles. The van der Waals surface area contributed by atoms with Crippen LogP contribution < -0.4 is 10.6 Å². The third-order valence-corrected chi connectivity index (χ3v) is 4.39. The standard InChI is InChI=1S/C10H10BrF3N2O3S/c1-9(7(17)18,10(12,13)14)16-8(19)15-4-6-5(11)2-3-20-6/h2-3H,4H2,1H3,(H,17,18)(H2,15,16,19). The number of rotatable bonds is 4. The molecule has 0 spiro atoms. The molecule has 2 amide bonds. The summed E-state index contributed by atoms with van der Waals surface area (Å²) < 4.78 is 38.7. The van der Waals surface area contributed by atoms with Gasteiger partial charge in [0.1, 0.15) is 0 Å². The summed E-state index contributed by atoms with van der Waals surface area (Å²) in [6, 6.07) is 0.504. The average molecular weight is 375 g/mol. The number of amides is 2. The quantitative estimate of drug-likeness (QED) is 0.757. The molecule has 1 aromatic rings. The Hall–Kier alpha value is -1.29. The molecule has 1 atom stereocenters. The molecule has 3 N–H and O–H groups in total. The second-order valence-corrected chi connectivity index (χ2v) is 5.78. The van der Waals surface area contributed by atoms with Crippen molar-refractivity contribution in [1.29, 1.82) is 0 Å². The van der Waals surface area contributed by atoms with Crippen LogP contribution in [0.2, 0.25) is 0 Å². The van der Waals surface area contributed by atoms with E-state index in [1.165, 1.54) is 16.7 Å². The lowest BCUT2D eigenvalue weighted by atomic mass is 10.0. The first-order valence-electron chi connectivity index (χ1n) is 5.16. The molecule has 0 saturated carbocycles. The summed E-state index contributed by atoms with van der Waals surface area (Å²) in [5.41, 5.74) is -3.34. The van der Waals surface area contributed by atoms with Crippen molar-refractivity contribution in [2.24, 2.45) is 0 Å². The molecule has 0 radical (unpaired) electrons. The fraction of sp³-hybridized carbons (Fsp3) is 0.400. The number of carbonyl (C=O) groups excluding carboxylic acids is 1. The highest BCUT2D eigenvalue weighted by Gasteiger charge is 2.58. The van der Waals surface area contributed by atoms with Crippen LogP contribution in [0.15, 0.2) is 15.9 Å². The molecule has 112 valence electrons. The molecule has 0 bridgehead atoms. The van der Waals surface area contributed by atoms with E-state index in [1.54, 1.807) is 11.4 Å². The van der Waals surface area contributed by atoms with E-state index in [1.807, 2.05) is 0 Å². The van der Waals surface area contributed by atoms with Crippen LogP contribution in [0, 0.1) is 0 Å². The van der Waals surface area contributed by atoms with Gasteiger partial charge < -0.3 is 15.7 Å². The first-order valence-corrected chi connectivity index (χ1v) is 6.83. The molecule has 0 aromatic carbocycles. The third kappa shape index (κ3) is 3.63. The molecule has 0 aliphatic heterocycles. The number of aliphatic carboxylic acids is 1. The number of carbonyl (C=O) groups is 2. The predicted octanol–water partition coefficient (Wildman–Crippen LogP) is 2.72. The lowest BCUT2D eigenvalue weighted by Crippen LogP contribution is -2.63. The number of nitrogens with one attached hydrogen (secondary N) is 2. The largest absolute Gasteiger partial charge is 0.479 e. The number of carboxylic acids is 1. The van der Waals surface area contributed by atoms with Crippen LogP contribution >= 0.6 is 27.3 Å². The van der Waals surface area contributed by atoms with Crippen LogP contribution in [0.4, 0.5) is 18.0 Å². The number of hydrogen-bond acceptors (Lipinski definition) is 3. The van der Waals surface area contributed by atoms with Gasteiger partial charge in [-0.1, -0.05) is 0 Å². The Balaban J connectivity index is 2.69. The van der Waals surface area contributed by atoms with E-state index in [2.05, 4.69) is 21.2 Å². The predicted molar refractivity (Wildman–Crippen MR) is 69.5 cm³/mol. The number of halogens is 4. The van der Waals surface area contributed by atoms with Crippen LogP contribution in [-0.4, -0.2) is 28.8 Å². The van der Waals surface area contributed by atoms with Crippen LogP contribution in [0.5, 0.6) is 0 Å². The highest BCUT2D eigenvalue weighted by atomic mass is 79.9. The summed E-state index contributed by atoms with van der Waals surface area (Å²) in [6.07, 6.45) is -5.11. The Morgan fingerprint density at radius 1 is 1.45 bits per heavy atom. The van der Waals surface area contributed by atoms with Crippen molar-refractivity contribution >= 4 is 39.3 Å². The van der Waals surface area contributed by atoms with E-state index in [0.29, 0.717) is 16.3 Å². The van der Waals surface area contributed by atoms with Gasteiger partial charge in [-0.2, -0.15) is 13.2 Å². The lowest BCUT2D eigenvalue weighted by molar-refractivity contribution is -0.203. The van der Waals surface area contributed by atoms with Crippen molar-refractivity contribution < 1.29 is 27.9 Å². The Bertz CT molecular complexity index is 520. The first-order chi connectivity index (χ1) is 9.08. The number of thiophene rings is 1. The van der Waals surface area contributed by atoms with E-state index in [4.69, 9.17) is 5.11 Å². The summed E-state index contributed by atoms with van der Waals surface area (Å²) in [4.78, 5) is 22.8. The van der Waals surface area contributed by atoms with Gasteiger partial charge in [-0.15, -0.1) is 11.3 Å². The minimum absolute atomic E-state index is 0.0162. The zero-order valence-electron chi connectivity index (χ0n) is 10.0. The molecule has 0 aliphatic rings. The van der Waals surface area contributed by atoms with Gasteiger partial charge in [0.05, 0.1) is 6.54 Å². The number of urea groups is 1. The fourth-order valence-corrected chi connectivity index (χ4v) is 2.56. The highest BCUT2D eigenvalue weighted by Crippen LogP contribution is 2.30. The molecule has 0 saturated heterocycles. The highest BCUT2D eigenvalue weighted by molar-refractivity contribution is 9.10. The van der Waals surface area contributed by atoms with E-state index >= 15 is 0 Å². The van der Waals surface area contributed by atoms with Crippen LogP contribution in [0.3, 0.4) is 0 Å². The summed E-state index contributed by atoms with van der Waals surface area (Å²) in [5.74, 6) is -2.18. The fourth-order valence-electron chi connectivity index (χ4n) is 1.13. The van der Waals surface area contributed by atoms with E-state index in [-0.39, 0.29) is 6.54 Å². The van der Waals surface area contributed by atoms with Gasteiger partial charge in [0.15, 0.2) is 0 Å². The average Bonchev–Trinajstić information content (AvgIpc) is 2.70. The summed E-state index contributed by atoms with van der Waals surface area (Å²) in [7, 11) is 0. The molecule has 0 aliphatic carbocycles. The van der Waals surface area contributed by atoms with Crippen LogP contribution in [0.25, 0.3) is 0 Å².